The van der Waals surface area contributed by atoms with Crippen LogP contribution in [0.3, 0.4) is 0 Å². The average Bonchev–Trinajstić information content (AvgIpc) is 2.90. The molecule has 0 amide bonds. The minimum absolute atomic E-state index is 0.510. The normalized spacial score (nSPS) is 17.6. The van der Waals surface area contributed by atoms with E-state index >= 15 is 0 Å². The van der Waals surface area contributed by atoms with Gasteiger partial charge < -0.3 is 15.0 Å². The van der Waals surface area contributed by atoms with Gasteiger partial charge in [-0.3, -0.25) is 0 Å². The van der Waals surface area contributed by atoms with Crippen LogP contribution in [0.4, 0.5) is 0 Å². The van der Waals surface area contributed by atoms with E-state index in [9.17, 15) is 0 Å². The summed E-state index contributed by atoms with van der Waals surface area (Å²) in [7, 11) is 1.70. The number of hydrogen-bond acceptors (Lipinski definition) is 3. The fourth-order valence-corrected chi connectivity index (χ4v) is 2.90. The minimum Gasteiger partial charge on any atom is -0.497 e. The zero-order valence-corrected chi connectivity index (χ0v) is 13.4. The lowest BCUT2D eigenvalue weighted by molar-refractivity contribution is 0.298. The van der Waals surface area contributed by atoms with E-state index in [1.807, 2.05) is 12.1 Å². The molecule has 3 nitrogen and oxygen atoms in total. The van der Waals surface area contributed by atoms with Gasteiger partial charge in [-0.1, -0.05) is 15.9 Å². The van der Waals surface area contributed by atoms with Gasteiger partial charge in [-0.2, -0.15) is 0 Å². The van der Waals surface area contributed by atoms with Crippen LogP contribution in [-0.2, 0) is 6.54 Å². The molecule has 0 radical (unpaired) electrons. The van der Waals surface area contributed by atoms with Gasteiger partial charge in [0, 0.05) is 23.6 Å². The Bertz CT molecular complexity index is 405. The lowest BCUT2D eigenvalue weighted by Crippen LogP contribution is -2.37. The summed E-state index contributed by atoms with van der Waals surface area (Å²) in [5.74, 6) is 0.909. The quantitative estimate of drug-likeness (QED) is 0.869. The first kappa shape index (κ1) is 14.8. The molecule has 1 aliphatic heterocycles. The van der Waals surface area contributed by atoms with E-state index in [4.69, 9.17) is 4.74 Å². The van der Waals surface area contributed by atoms with Crippen molar-refractivity contribution in [2.75, 3.05) is 26.7 Å². The van der Waals surface area contributed by atoms with Crippen LogP contribution in [0.15, 0.2) is 22.7 Å². The minimum atomic E-state index is 0.510. The maximum Gasteiger partial charge on any atom is 0.119 e. The third-order valence-corrected chi connectivity index (χ3v) is 4.40. The molecular weight excluding hydrogens is 304 g/mol. The van der Waals surface area contributed by atoms with Gasteiger partial charge in [0.1, 0.15) is 5.75 Å². The Morgan fingerprint density at radius 1 is 1.37 bits per heavy atom. The smallest absolute Gasteiger partial charge is 0.119 e. The molecule has 1 heterocycles. The second kappa shape index (κ2) is 7.27. The molecule has 2 rings (SSSR count). The molecule has 4 heteroatoms. The summed E-state index contributed by atoms with van der Waals surface area (Å²) in [6, 6.07) is 6.61. The lowest BCUT2D eigenvalue weighted by atomic mass is 10.2. The Morgan fingerprint density at radius 2 is 2.11 bits per heavy atom. The molecular formula is C15H23BrN2O. The van der Waals surface area contributed by atoms with Crippen molar-refractivity contribution in [2.45, 2.75) is 32.4 Å². The molecule has 0 saturated carbocycles. The van der Waals surface area contributed by atoms with E-state index in [0.717, 1.165) is 23.3 Å². The van der Waals surface area contributed by atoms with Gasteiger partial charge in [0.2, 0.25) is 0 Å². The summed E-state index contributed by atoms with van der Waals surface area (Å²) in [6.07, 6.45) is 2.71. The molecule has 1 fully saturated rings. The SMILES string of the molecule is COc1ccc(Br)c(CNC(C)CN2CCCC2)c1. The summed E-state index contributed by atoms with van der Waals surface area (Å²) in [5.41, 5.74) is 1.24. The Labute approximate surface area is 124 Å². The van der Waals surface area contributed by atoms with Crippen molar-refractivity contribution in [3.8, 4) is 5.75 Å². The number of likely N-dealkylation sites (tertiary alicyclic amines) is 1. The van der Waals surface area contributed by atoms with Crippen molar-refractivity contribution in [3.63, 3.8) is 0 Å². The fraction of sp³-hybridized carbons (Fsp3) is 0.600. The average molecular weight is 327 g/mol. The van der Waals surface area contributed by atoms with Gasteiger partial charge in [-0.05, 0) is 56.6 Å². The van der Waals surface area contributed by atoms with Crippen LogP contribution in [0.2, 0.25) is 0 Å². The molecule has 1 aromatic carbocycles. The molecule has 1 atom stereocenters. The van der Waals surface area contributed by atoms with Crippen molar-refractivity contribution in [2.24, 2.45) is 0 Å². The predicted molar refractivity (Wildman–Crippen MR) is 82.7 cm³/mol. The van der Waals surface area contributed by atoms with Crippen LogP contribution in [0.25, 0.3) is 0 Å². The third-order valence-electron chi connectivity index (χ3n) is 3.62. The molecule has 1 aliphatic rings. The van der Waals surface area contributed by atoms with Crippen LogP contribution in [-0.4, -0.2) is 37.7 Å². The second-order valence-electron chi connectivity index (χ2n) is 5.25. The molecule has 0 aromatic heterocycles. The van der Waals surface area contributed by atoms with Gasteiger partial charge in [0.05, 0.1) is 7.11 Å². The van der Waals surface area contributed by atoms with Gasteiger partial charge in [0.25, 0.3) is 0 Å². The van der Waals surface area contributed by atoms with Crippen molar-refractivity contribution in [3.05, 3.63) is 28.2 Å². The highest BCUT2D eigenvalue weighted by atomic mass is 79.9. The Kier molecular flexibility index (Phi) is 5.67. The first-order valence-electron chi connectivity index (χ1n) is 6.97. The summed E-state index contributed by atoms with van der Waals surface area (Å²) in [6.45, 7) is 6.78. The highest BCUT2D eigenvalue weighted by molar-refractivity contribution is 9.10. The molecule has 106 valence electrons. The molecule has 19 heavy (non-hydrogen) atoms. The number of rotatable bonds is 6. The third kappa shape index (κ3) is 4.48. The predicted octanol–water partition coefficient (Wildman–Crippen LogP) is 3.03. The number of hydrogen-bond donors (Lipinski definition) is 1. The molecule has 1 saturated heterocycles. The summed E-state index contributed by atoms with van der Waals surface area (Å²) >= 11 is 3.59. The standard InChI is InChI=1S/C15H23BrN2O/c1-12(11-18-7-3-4-8-18)17-10-13-9-14(19-2)5-6-15(13)16/h5-6,9,12,17H,3-4,7-8,10-11H2,1-2H3. The van der Waals surface area contributed by atoms with Gasteiger partial charge in [-0.25, -0.2) is 0 Å². The van der Waals surface area contributed by atoms with Crippen LogP contribution in [0, 0.1) is 0 Å². The van der Waals surface area contributed by atoms with E-state index in [1.54, 1.807) is 7.11 Å². The highest BCUT2D eigenvalue weighted by Gasteiger charge is 2.14. The number of ether oxygens (including phenoxy) is 1. The lowest BCUT2D eigenvalue weighted by Gasteiger charge is -2.21. The van der Waals surface area contributed by atoms with Gasteiger partial charge >= 0.3 is 0 Å². The Morgan fingerprint density at radius 3 is 2.79 bits per heavy atom. The zero-order chi connectivity index (χ0) is 13.7. The molecule has 0 bridgehead atoms. The van der Waals surface area contributed by atoms with E-state index < -0.39 is 0 Å². The fourth-order valence-electron chi connectivity index (χ4n) is 2.51. The monoisotopic (exact) mass is 326 g/mol. The van der Waals surface area contributed by atoms with Gasteiger partial charge in [0.15, 0.2) is 0 Å². The number of methoxy groups -OCH3 is 1. The molecule has 0 spiro atoms. The van der Waals surface area contributed by atoms with Gasteiger partial charge in [-0.15, -0.1) is 0 Å². The van der Waals surface area contributed by atoms with Crippen LogP contribution < -0.4 is 10.1 Å². The van der Waals surface area contributed by atoms with Crippen LogP contribution >= 0.6 is 15.9 Å². The van der Waals surface area contributed by atoms with E-state index in [0.29, 0.717) is 6.04 Å². The summed E-state index contributed by atoms with van der Waals surface area (Å²) in [4.78, 5) is 2.54. The molecule has 0 aliphatic carbocycles. The number of nitrogens with one attached hydrogen (secondary N) is 1. The maximum atomic E-state index is 5.27. The largest absolute Gasteiger partial charge is 0.497 e. The van der Waals surface area contributed by atoms with Crippen molar-refractivity contribution < 1.29 is 4.74 Å². The Balaban J connectivity index is 1.83. The van der Waals surface area contributed by atoms with Crippen molar-refractivity contribution in [1.29, 1.82) is 0 Å². The second-order valence-corrected chi connectivity index (χ2v) is 6.10. The summed E-state index contributed by atoms with van der Waals surface area (Å²) in [5, 5.41) is 3.59. The first-order chi connectivity index (χ1) is 9.19. The Hall–Kier alpha value is -0.580. The molecule has 1 unspecified atom stereocenters. The molecule has 1 aromatic rings. The topological polar surface area (TPSA) is 24.5 Å². The van der Waals surface area contributed by atoms with E-state index in [1.165, 1.54) is 31.5 Å². The number of benzene rings is 1. The van der Waals surface area contributed by atoms with Crippen LogP contribution in [0.5, 0.6) is 5.75 Å². The van der Waals surface area contributed by atoms with Crippen LogP contribution in [0.1, 0.15) is 25.3 Å². The highest BCUT2D eigenvalue weighted by Crippen LogP contribution is 2.22. The van der Waals surface area contributed by atoms with E-state index in [-0.39, 0.29) is 0 Å². The zero-order valence-electron chi connectivity index (χ0n) is 11.8. The maximum absolute atomic E-state index is 5.27. The van der Waals surface area contributed by atoms with E-state index in [2.05, 4.69) is 39.1 Å². The van der Waals surface area contributed by atoms with Crippen molar-refractivity contribution >= 4 is 15.9 Å². The van der Waals surface area contributed by atoms with Crippen molar-refractivity contribution in [1.82, 2.24) is 10.2 Å². The first-order valence-corrected chi connectivity index (χ1v) is 7.76. The number of halogens is 1. The number of nitrogens with zero attached hydrogens (tertiary/aromatic N) is 1. The summed E-state index contributed by atoms with van der Waals surface area (Å²) < 4.78 is 6.40. The molecule has 1 N–H and O–H groups in total.